The fraction of sp³-hybridized carbons (Fsp3) is 0.304. The number of furan rings is 1. The number of carboxylic acid groups (broad SMARTS) is 1. The number of amides is 1. The Morgan fingerprint density at radius 2 is 1.91 bits per heavy atom. The van der Waals surface area contributed by atoms with Gasteiger partial charge in [-0.1, -0.05) is 42.5 Å². The number of ether oxygens (including phenoxy) is 1. The van der Waals surface area contributed by atoms with Crippen molar-refractivity contribution in [3.63, 3.8) is 0 Å². The lowest BCUT2D eigenvalue weighted by atomic mass is 10.1. The zero-order valence-corrected chi connectivity index (χ0v) is 19.2. The molecule has 1 saturated heterocycles. The second-order valence-corrected chi connectivity index (χ2v) is 8.71. The lowest BCUT2D eigenvalue weighted by Crippen LogP contribution is -2.29. The largest absolute Gasteiger partial charge is 0.481 e. The van der Waals surface area contributed by atoms with E-state index < -0.39 is 5.97 Å². The van der Waals surface area contributed by atoms with Gasteiger partial charge in [0.05, 0.1) is 17.1 Å². The van der Waals surface area contributed by atoms with Crippen molar-refractivity contribution in [2.75, 3.05) is 13.2 Å². The van der Waals surface area contributed by atoms with Gasteiger partial charge in [0.2, 0.25) is 0 Å². The summed E-state index contributed by atoms with van der Waals surface area (Å²) in [5.41, 5.74) is 1.26. The van der Waals surface area contributed by atoms with Gasteiger partial charge in [0.15, 0.2) is 0 Å². The molecular formula is C23H23NO6S2. The van der Waals surface area contributed by atoms with Crippen LogP contribution in [0.3, 0.4) is 0 Å². The third-order valence-corrected chi connectivity index (χ3v) is 6.10. The number of aliphatic carboxylic acids is 1. The summed E-state index contributed by atoms with van der Waals surface area (Å²) in [5, 5.41) is 8.69. The van der Waals surface area contributed by atoms with E-state index in [1.54, 1.807) is 54.3 Å². The van der Waals surface area contributed by atoms with E-state index >= 15 is 0 Å². The van der Waals surface area contributed by atoms with Gasteiger partial charge in [-0.15, -0.1) is 0 Å². The Balaban J connectivity index is 1.62. The molecule has 3 rings (SSSR count). The van der Waals surface area contributed by atoms with Crippen LogP contribution in [0.5, 0.6) is 0 Å². The molecule has 32 heavy (non-hydrogen) atoms. The molecule has 1 N–H and O–H groups in total. The van der Waals surface area contributed by atoms with Crippen LogP contribution in [0.4, 0.5) is 0 Å². The lowest BCUT2D eigenvalue weighted by Gasteiger charge is -2.13. The number of thioether (sulfide) groups is 1. The highest BCUT2D eigenvalue weighted by Crippen LogP contribution is 2.34. The Morgan fingerprint density at radius 1 is 1.16 bits per heavy atom. The van der Waals surface area contributed by atoms with Crippen LogP contribution in [0.1, 0.15) is 48.7 Å². The number of carbonyl (C=O) groups excluding carboxylic acids is 2. The molecule has 1 aliphatic heterocycles. The third-order valence-electron chi connectivity index (χ3n) is 4.73. The van der Waals surface area contributed by atoms with E-state index in [0.717, 1.165) is 12.0 Å². The van der Waals surface area contributed by atoms with E-state index in [2.05, 4.69) is 0 Å². The monoisotopic (exact) mass is 473 g/mol. The first kappa shape index (κ1) is 23.7. The highest BCUT2D eigenvalue weighted by molar-refractivity contribution is 8.26. The van der Waals surface area contributed by atoms with Crippen molar-refractivity contribution in [1.29, 1.82) is 0 Å². The quantitative estimate of drug-likeness (QED) is 0.224. The fourth-order valence-electron chi connectivity index (χ4n) is 3.12. The van der Waals surface area contributed by atoms with E-state index in [1.165, 1.54) is 11.8 Å². The summed E-state index contributed by atoms with van der Waals surface area (Å²) < 4.78 is 11.3. The Kier molecular flexibility index (Phi) is 8.24. The van der Waals surface area contributed by atoms with Gasteiger partial charge in [-0.2, -0.15) is 0 Å². The predicted molar refractivity (Wildman–Crippen MR) is 126 cm³/mol. The molecular weight excluding hydrogens is 450 g/mol. The van der Waals surface area contributed by atoms with Crippen molar-refractivity contribution < 1.29 is 28.6 Å². The molecule has 9 heteroatoms. The molecule has 2 heterocycles. The number of carbonyl (C=O) groups is 3. The molecule has 1 fully saturated rings. The van der Waals surface area contributed by atoms with Crippen molar-refractivity contribution >= 4 is 52.2 Å². The van der Waals surface area contributed by atoms with Crippen LogP contribution < -0.4 is 0 Å². The molecule has 7 nitrogen and oxygen atoms in total. The molecule has 1 aromatic heterocycles. The number of nitrogens with zero attached hydrogens (tertiary/aromatic N) is 1. The van der Waals surface area contributed by atoms with Crippen LogP contribution in [0, 0.1) is 0 Å². The van der Waals surface area contributed by atoms with Crippen molar-refractivity contribution in [2.24, 2.45) is 0 Å². The van der Waals surface area contributed by atoms with Gasteiger partial charge in [-0.05, 0) is 44.0 Å². The molecule has 0 unspecified atom stereocenters. The summed E-state index contributed by atoms with van der Waals surface area (Å²) in [7, 11) is 0. The maximum atomic E-state index is 12.7. The van der Waals surface area contributed by atoms with Crippen molar-refractivity contribution in [3.05, 3.63) is 52.6 Å². The number of hydrogen-bond acceptors (Lipinski definition) is 7. The topological polar surface area (TPSA) is 97.0 Å². The van der Waals surface area contributed by atoms with Crippen LogP contribution in [0.15, 0.2) is 45.7 Å². The first-order chi connectivity index (χ1) is 15.4. The summed E-state index contributed by atoms with van der Waals surface area (Å²) in [5.74, 6) is -0.221. The number of thiocarbonyl (C=S) groups is 1. The molecule has 0 radical (unpaired) electrons. The molecule has 1 aliphatic rings. The van der Waals surface area contributed by atoms with Crippen molar-refractivity contribution in [3.8, 4) is 11.3 Å². The van der Waals surface area contributed by atoms with E-state index in [9.17, 15) is 14.4 Å². The standard InChI is InChI=1S/C23H23NO6S2/c1-2-29-22(28)16-9-7-15(8-10-16)18-12-11-17(30-18)14-19-21(27)24(23(31)32-19)13-5-3-4-6-20(25)26/h7-12,14H,2-6,13H2,1H3,(H,25,26)/b19-14-. The Hall–Kier alpha value is -2.91. The number of hydrogen-bond donors (Lipinski definition) is 1. The van der Waals surface area contributed by atoms with Crippen molar-refractivity contribution in [1.82, 2.24) is 4.90 Å². The molecule has 0 aliphatic carbocycles. The second kappa shape index (κ2) is 11.1. The summed E-state index contributed by atoms with van der Waals surface area (Å²) in [6, 6.07) is 10.5. The van der Waals surface area contributed by atoms with Gasteiger partial charge in [0, 0.05) is 24.6 Å². The van der Waals surface area contributed by atoms with E-state index in [1.807, 2.05) is 0 Å². The van der Waals surface area contributed by atoms with E-state index in [0.29, 0.717) is 52.3 Å². The van der Waals surface area contributed by atoms with Crippen LogP contribution >= 0.6 is 24.0 Å². The molecule has 168 valence electrons. The van der Waals surface area contributed by atoms with E-state index in [-0.39, 0.29) is 18.3 Å². The number of unbranched alkanes of at least 4 members (excludes halogenated alkanes) is 2. The summed E-state index contributed by atoms with van der Waals surface area (Å²) in [4.78, 5) is 37.1. The second-order valence-electron chi connectivity index (χ2n) is 7.04. The molecule has 1 amide bonds. The Morgan fingerprint density at radius 3 is 2.59 bits per heavy atom. The highest BCUT2D eigenvalue weighted by atomic mass is 32.2. The third kappa shape index (κ3) is 6.08. The normalized spacial score (nSPS) is 14.9. The Labute approximate surface area is 195 Å². The minimum Gasteiger partial charge on any atom is -0.481 e. The first-order valence-electron chi connectivity index (χ1n) is 10.2. The molecule has 0 saturated carbocycles. The van der Waals surface area contributed by atoms with Crippen LogP contribution in [-0.4, -0.2) is 45.3 Å². The van der Waals surface area contributed by atoms with E-state index in [4.69, 9.17) is 26.5 Å². The van der Waals surface area contributed by atoms with Crippen LogP contribution in [0.2, 0.25) is 0 Å². The maximum Gasteiger partial charge on any atom is 0.338 e. The minimum absolute atomic E-state index is 0.130. The molecule has 2 aromatic rings. The van der Waals surface area contributed by atoms with Gasteiger partial charge in [0.1, 0.15) is 15.8 Å². The summed E-state index contributed by atoms with van der Waals surface area (Å²) in [6.07, 6.45) is 3.79. The van der Waals surface area contributed by atoms with Gasteiger partial charge in [-0.25, -0.2) is 4.79 Å². The number of esters is 1. The van der Waals surface area contributed by atoms with Crippen molar-refractivity contribution in [2.45, 2.75) is 32.6 Å². The van der Waals surface area contributed by atoms with Gasteiger partial charge in [0.25, 0.3) is 5.91 Å². The predicted octanol–water partition coefficient (Wildman–Crippen LogP) is 4.97. The van der Waals surface area contributed by atoms with Gasteiger partial charge >= 0.3 is 11.9 Å². The Bertz CT molecular complexity index is 1040. The smallest absolute Gasteiger partial charge is 0.338 e. The maximum absolute atomic E-state index is 12.7. The summed E-state index contributed by atoms with van der Waals surface area (Å²) >= 11 is 6.55. The minimum atomic E-state index is -0.814. The lowest BCUT2D eigenvalue weighted by molar-refractivity contribution is -0.137. The molecule has 0 spiro atoms. The SMILES string of the molecule is CCOC(=O)c1ccc(-c2ccc(/C=C3\SC(=S)N(CCCCCC(=O)O)C3=O)o2)cc1. The average Bonchev–Trinajstić information content (AvgIpc) is 3.33. The van der Waals surface area contributed by atoms with Gasteiger partial charge < -0.3 is 14.3 Å². The fourth-order valence-corrected chi connectivity index (χ4v) is 4.40. The summed E-state index contributed by atoms with van der Waals surface area (Å²) in [6.45, 7) is 2.55. The van der Waals surface area contributed by atoms with Gasteiger partial charge in [-0.3, -0.25) is 14.5 Å². The number of carboxylic acids is 1. The molecule has 1 aromatic carbocycles. The highest BCUT2D eigenvalue weighted by Gasteiger charge is 2.31. The molecule has 0 atom stereocenters. The zero-order chi connectivity index (χ0) is 23.1. The van der Waals surface area contributed by atoms with Crippen LogP contribution in [0.25, 0.3) is 17.4 Å². The van der Waals surface area contributed by atoms with Crippen LogP contribution in [-0.2, 0) is 14.3 Å². The molecule has 0 bridgehead atoms. The first-order valence-corrected chi connectivity index (χ1v) is 11.5. The zero-order valence-electron chi connectivity index (χ0n) is 17.5. The number of rotatable bonds is 10. The average molecular weight is 474 g/mol. The number of benzene rings is 1.